The molecule has 2 heterocycles. The third-order valence-corrected chi connectivity index (χ3v) is 9.44. The van der Waals surface area contributed by atoms with Gasteiger partial charge in [0.25, 0.3) is 0 Å². The minimum Gasteiger partial charge on any atom is -1.00 e. The standard InChI is InChI=1S/C17H24ClNO2.C11H10ClN.C6H11O2.BrH.Mg/c18-14-5-3-13(4-6-14)17(9-1-10-17)15(19)7-8-16-20-11-2-12-21-16;12-10-4-2-9(3-5-10)11(8-13)6-1-7-11;1-2-6-7-4-3-5-8-6;;/h3-6,15-16H,1-2,7-12,19H2;2-5H,1,6-7H2;6H,1-5H2;1H;/q;;-1;;+2/p-1. The van der Waals surface area contributed by atoms with Gasteiger partial charge in [0.15, 0.2) is 6.29 Å². The molecule has 0 radical (unpaired) electrons. The molecule has 44 heavy (non-hydrogen) atoms. The summed E-state index contributed by atoms with van der Waals surface area (Å²) in [5.41, 5.74) is 8.92. The van der Waals surface area contributed by atoms with E-state index in [4.69, 9.17) is 53.1 Å². The number of rotatable bonds is 7. The van der Waals surface area contributed by atoms with Crippen molar-refractivity contribution in [2.45, 2.75) is 100 Å². The maximum absolute atomic E-state index is 9.08. The fourth-order valence-electron chi connectivity index (χ4n) is 5.98. The summed E-state index contributed by atoms with van der Waals surface area (Å²) in [6, 6.07) is 18.4. The Kier molecular flexibility index (Phi) is 18.1. The van der Waals surface area contributed by atoms with Crippen LogP contribution in [0, 0.1) is 18.3 Å². The van der Waals surface area contributed by atoms with Crippen molar-refractivity contribution in [3.8, 4) is 6.07 Å². The number of nitriles is 1. The van der Waals surface area contributed by atoms with E-state index < -0.39 is 0 Å². The van der Waals surface area contributed by atoms with E-state index in [2.05, 4.69) is 25.1 Å². The Morgan fingerprint density at radius 1 is 0.773 bits per heavy atom. The summed E-state index contributed by atoms with van der Waals surface area (Å²) < 4.78 is 21.5. The second-order valence-electron chi connectivity index (χ2n) is 11.6. The zero-order valence-corrected chi connectivity index (χ0v) is 30.2. The minimum atomic E-state index is -0.204. The molecule has 2 aromatic carbocycles. The Morgan fingerprint density at radius 3 is 1.59 bits per heavy atom. The molecule has 2 aliphatic heterocycles. The first-order valence-electron chi connectivity index (χ1n) is 15.4. The van der Waals surface area contributed by atoms with Crippen LogP contribution in [0.15, 0.2) is 48.5 Å². The van der Waals surface area contributed by atoms with E-state index in [1.807, 2.05) is 36.4 Å². The van der Waals surface area contributed by atoms with E-state index in [1.165, 1.54) is 24.8 Å². The Hall–Kier alpha value is -0.444. The zero-order chi connectivity index (χ0) is 29.8. The van der Waals surface area contributed by atoms with Crippen LogP contribution in [-0.4, -0.2) is 68.1 Å². The maximum atomic E-state index is 9.08. The number of benzene rings is 2. The molecule has 0 aromatic heterocycles. The van der Waals surface area contributed by atoms with Crippen molar-refractivity contribution < 1.29 is 35.9 Å². The number of ether oxygens (including phenoxy) is 4. The van der Waals surface area contributed by atoms with Gasteiger partial charge in [-0.1, -0.05) is 53.9 Å². The van der Waals surface area contributed by atoms with Gasteiger partial charge in [0.2, 0.25) is 0 Å². The van der Waals surface area contributed by atoms with Crippen molar-refractivity contribution >= 4 is 46.3 Å². The molecule has 4 fully saturated rings. The van der Waals surface area contributed by atoms with E-state index in [0.717, 1.165) is 93.4 Å². The molecule has 6 rings (SSSR count). The van der Waals surface area contributed by atoms with Gasteiger partial charge >= 0.3 is 23.1 Å². The minimum absolute atomic E-state index is 0. The molecule has 10 heteroatoms. The van der Waals surface area contributed by atoms with Gasteiger partial charge in [-0.2, -0.15) is 5.26 Å². The van der Waals surface area contributed by atoms with Crippen molar-refractivity contribution in [1.29, 1.82) is 5.26 Å². The number of halogens is 3. The summed E-state index contributed by atoms with van der Waals surface area (Å²) in [6.07, 6.45) is 11.2. The SMILES string of the molecule is N#CC1(c2ccc(Cl)cc2)CCC1.NC(CCC1OCCCO1)C1(c2ccc(Cl)cc2)CCC1.[Br-].[CH2-]CC1OCCCO1.[Mg+2]. The van der Waals surface area contributed by atoms with Gasteiger partial charge < -0.3 is 48.6 Å². The molecular weight excluding hydrogens is 675 g/mol. The molecule has 1 unspecified atom stereocenters. The second kappa shape index (κ2) is 20.0. The molecule has 0 amide bonds. The Bertz CT molecular complexity index is 1120. The molecule has 238 valence electrons. The molecule has 2 aliphatic carbocycles. The topological polar surface area (TPSA) is 86.7 Å². The monoisotopic (exact) mass is 718 g/mol. The quantitative estimate of drug-likeness (QED) is 0.335. The van der Waals surface area contributed by atoms with Crippen LogP contribution in [0.25, 0.3) is 0 Å². The molecule has 4 aliphatic rings. The molecule has 0 bridgehead atoms. The summed E-state index contributed by atoms with van der Waals surface area (Å²) in [6.45, 7) is 6.94. The van der Waals surface area contributed by atoms with Gasteiger partial charge in [0, 0.05) is 21.5 Å². The van der Waals surface area contributed by atoms with Gasteiger partial charge in [0.1, 0.15) is 6.29 Å². The van der Waals surface area contributed by atoms with E-state index in [0.29, 0.717) is 0 Å². The fourth-order valence-corrected chi connectivity index (χ4v) is 6.23. The van der Waals surface area contributed by atoms with Gasteiger partial charge in [-0.25, -0.2) is 0 Å². The average Bonchev–Trinajstić information content (AvgIpc) is 2.99. The molecule has 1 atom stereocenters. The zero-order valence-electron chi connectivity index (χ0n) is 25.7. The fraction of sp³-hybridized carbons (Fsp3) is 0.588. The van der Waals surface area contributed by atoms with Crippen LogP contribution in [-0.2, 0) is 29.8 Å². The Balaban J connectivity index is 0.000000251. The molecule has 2 saturated heterocycles. The summed E-state index contributed by atoms with van der Waals surface area (Å²) >= 11 is 11.8. The summed E-state index contributed by atoms with van der Waals surface area (Å²) in [7, 11) is 0. The van der Waals surface area contributed by atoms with E-state index in [9.17, 15) is 0 Å². The van der Waals surface area contributed by atoms with Crippen LogP contribution in [0.5, 0.6) is 0 Å². The average molecular weight is 721 g/mol. The number of hydrogen-bond donors (Lipinski definition) is 1. The summed E-state index contributed by atoms with van der Waals surface area (Å²) in [5, 5.41) is 10.6. The van der Waals surface area contributed by atoms with Crippen molar-refractivity contribution in [2.24, 2.45) is 5.73 Å². The molecular formula is C34H45BrCl2MgN2O4. The van der Waals surface area contributed by atoms with Crippen LogP contribution in [0.2, 0.25) is 10.0 Å². The third-order valence-electron chi connectivity index (χ3n) is 8.93. The van der Waals surface area contributed by atoms with Gasteiger partial charge in [-0.3, -0.25) is 0 Å². The summed E-state index contributed by atoms with van der Waals surface area (Å²) in [5.74, 6) is 0. The van der Waals surface area contributed by atoms with Crippen LogP contribution >= 0.6 is 23.2 Å². The van der Waals surface area contributed by atoms with Gasteiger partial charge in [0.05, 0.1) is 37.9 Å². The van der Waals surface area contributed by atoms with Crippen LogP contribution in [0.4, 0.5) is 0 Å². The van der Waals surface area contributed by atoms with Crippen LogP contribution < -0.4 is 22.7 Å². The van der Waals surface area contributed by atoms with E-state index >= 15 is 0 Å². The molecule has 6 nitrogen and oxygen atoms in total. The van der Waals surface area contributed by atoms with Crippen molar-refractivity contribution in [2.75, 3.05) is 26.4 Å². The van der Waals surface area contributed by atoms with Crippen LogP contribution in [0.3, 0.4) is 0 Å². The van der Waals surface area contributed by atoms with Crippen molar-refractivity contribution in [3.05, 3.63) is 76.6 Å². The number of nitrogens with two attached hydrogens (primary N) is 1. The Morgan fingerprint density at radius 2 is 1.23 bits per heavy atom. The number of hydrogen-bond acceptors (Lipinski definition) is 6. The first kappa shape index (κ1) is 39.7. The molecule has 2 N–H and O–H groups in total. The predicted octanol–water partition coefficient (Wildman–Crippen LogP) is 4.51. The Labute approximate surface area is 300 Å². The molecule has 0 spiro atoms. The second-order valence-corrected chi connectivity index (χ2v) is 12.5. The normalized spacial score (nSPS) is 21.1. The van der Waals surface area contributed by atoms with E-state index in [1.54, 1.807) is 0 Å². The van der Waals surface area contributed by atoms with Crippen molar-refractivity contribution in [1.82, 2.24) is 0 Å². The number of nitrogens with zero attached hydrogens (tertiary/aromatic N) is 1. The van der Waals surface area contributed by atoms with Gasteiger partial charge in [-0.15, -0.1) is 6.42 Å². The van der Waals surface area contributed by atoms with Crippen molar-refractivity contribution in [3.63, 3.8) is 0 Å². The molecule has 2 saturated carbocycles. The predicted molar refractivity (Wildman–Crippen MR) is 173 cm³/mol. The summed E-state index contributed by atoms with van der Waals surface area (Å²) in [4.78, 5) is 0. The molecule has 2 aromatic rings. The first-order valence-corrected chi connectivity index (χ1v) is 16.1. The maximum Gasteiger partial charge on any atom is 2.00 e. The largest absolute Gasteiger partial charge is 2.00 e. The smallest absolute Gasteiger partial charge is 1.00 e. The van der Waals surface area contributed by atoms with Crippen LogP contribution in [0.1, 0.15) is 81.8 Å². The van der Waals surface area contributed by atoms with Gasteiger partial charge in [-0.05, 0) is 93.2 Å². The van der Waals surface area contributed by atoms with E-state index in [-0.39, 0.29) is 69.5 Å². The third kappa shape index (κ3) is 10.8. The first-order chi connectivity index (χ1) is 20.4.